The number of carboxylic acids is 2. The SMILES string of the molecule is CCC[C@H](NC1CCC2CCCC2N(CC(=O)O)C1=O)C(=O)O. The van der Waals surface area contributed by atoms with Crippen molar-refractivity contribution in [1.82, 2.24) is 10.2 Å². The third-order valence-corrected chi connectivity index (χ3v) is 5.01. The van der Waals surface area contributed by atoms with Gasteiger partial charge in [0.2, 0.25) is 5.91 Å². The van der Waals surface area contributed by atoms with Gasteiger partial charge in [-0.25, -0.2) is 0 Å². The summed E-state index contributed by atoms with van der Waals surface area (Å²) in [6.45, 7) is 1.59. The zero-order chi connectivity index (χ0) is 17.0. The maximum atomic E-state index is 12.8. The highest BCUT2D eigenvalue weighted by Crippen LogP contribution is 2.36. The van der Waals surface area contributed by atoms with E-state index in [9.17, 15) is 19.5 Å². The third kappa shape index (κ3) is 4.22. The smallest absolute Gasteiger partial charge is 0.323 e. The first-order chi connectivity index (χ1) is 10.9. The summed E-state index contributed by atoms with van der Waals surface area (Å²) in [4.78, 5) is 36.7. The number of aliphatic carboxylic acids is 2. The fourth-order valence-electron chi connectivity index (χ4n) is 3.94. The van der Waals surface area contributed by atoms with Crippen molar-refractivity contribution >= 4 is 17.8 Å². The first-order valence-electron chi connectivity index (χ1n) is 8.45. The summed E-state index contributed by atoms with van der Waals surface area (Å²) < 4.78 is 0. The fraction of sp³-hybridized carbons (Fsp3) is 0.812. The van der Waals surface area contributed by atoms with E-state index in [1.807, 2.05) is 6.92 Å². The Labute approximate surface area is 136 Å². The predicted octanol–water partition coefficient (Wildman–Crippen LogP) is 1.07. The molecule has 2 rings (SSSR count). The van der Waals surface area contributed by atoms with Gasteiger partial charge in [0.1, 0.15) is 12.6 Å². The number of carbonyl (C=O) groups is 3. The van der Waals surface area contributed by atoms with E-state index in [2.05, 4.69) is 5.32 Å². The molecule has 23 heavy (non-hydrogen) atoms. The van der Waals surface area contributed by atoms with Crippen LogP contribution in [0.3, 0.4) is 0 Å². The summed E-state index contributed by atoms with van der Waals surface area (Å²) in [5, 5.41) is 21.4. The van der Waals surface area contributed by atoms with E-state index in [0.717, 1.165) is 25.7 Å². The van der Waals surface area contributed by atoms with Gasteiger partial charge in [0, 0.05) is 6.04 Å². The summed E-state index contributed by atoms with van der Waals surface area (Å²) in [7, 11) is 0. The molecule has 0 aromatic rings. The van der Waals surface area contributed by atoms with Gasteiger partial charge >= 0.3 is 11.9 Å². The Morgan fingerprint density at radius 2 is 2.00 bits per heavy atom. The minimum atomic E-state index is -1.02. The molecule has 1 saturated carbocycles. The fourth-order valence-corrected chi connectivity index (χ4v) is 3.94. The quantitative estimate of drug-likeness (QED) is 0.646. The van der Waals surface area contributed by atoms with E-state index in [1.165, 1.54) is 4.90 Å². The topological polar surface area (TPSA) is 107 Å². The van der Waals surface area contributed by atoms with Gasteiger partial charge in [-0.15, -0.1) is 0 Å². The highest BCUT2D eigenvalue weighted by molar-refractivity contribution is 5.86. The van der Waals surface area contributed by atoms with E-state index in [0.29, 0.717) is 25.2 Å². The Morgan fingerprint density at radius 1 is 1.26 bits per heavy atom. The predicted molar refractivity (Wildman–Crippen MR) is 83.0 cm³/mol. The van der Waals surface area contributed by atoms with Gasteiger partial charge in [0.05, 0.1) is 6.04 Å². The van der Waals surface area contributed by atoms with E-state index >= 15 is 0 Å². The molecule has 0 aromatic heterocycles. The molecule has 1 aliphatic heterocycles. The van der Waals surface area contributed by atoms with Crippen LogP contribution in [0.5, 0.6) is 0 Å². The van der Waals surface area contributed by atoms with Crippen LogP contribution in [0.4, 0.5) is 0 Å². The molecule has 0 spiro atoms. The maximum absolute atomic E-state index is 12.8. The summed E-state index contributed by atoms with van der Waals surface area (Å²) in [5.74, 6) is -1.91. The molecule has 4 atom stereocenters. The summed E-state index contributed by atoms with van der Waals surface area (Å²) in [6.07, 6.45) is 5.43. The molecule has 7 heteroatoms. The number of carboxylic acid groups (broad SMARTS) is 2. The molecule has 0 radical (unpaired) electrons. The minimum Gasteiger partial charge on any atom is -0.480 e. The van der Waals surface area contributed by atoms with Crippen LogP contribution in [-0.2, 0) is 14.4 Å². The van der Waals surface area contributed by atoms with E-state index in [-0.39, 0.29) is 18.5 Å². The summed E-state index contributed by atoms with van der Waals surface area (Å²) in [6, 6.07) is -1.38. The Morgan fingerprint density at radius 3 is 2.61 bits per heavy atom. The standard InChI is InChI=1S/C16H26N2O5/c1-2-4-12(16(22)23)17-11-8-7-10-5-3-6-13(10)18(15(11)21)9-14(19)20/h10-13,17H,2-9H2,1H3,(H,19,20)(H,22,23)/t10?,11?,12-,13?/m0/s1. The Kier molecular flexibility index (Phi) is 5.98. The number of hydrogen-bond donors (Lipinski definition) is 3. The third-order valence-electron chi connectivity index (χ3n) is 5.01. The lowest BCUT2D eigenvalue weighted by atomic mass is 9.97. The average Bonchev–Trinajstić information content (AvgIpc) is 2.91. The van der Waals surface area contributed by atoms with Gasteiger partial charge in [-0.05, 0) is 38.0 Å². The Hall–Kier alpha value is -1.63. The molecule has 7 nitrogen and oxygen atoms in total. The summed E-state index contributed by atoms with van der Waals surface area (Å²) >= 11 is 0. The molecule has 130 valence electrons. The van der Waals surface area contributed by atoms with E-state index < -0.39 is 24.0 Å². The van der Waals surface area contributed by atoms with Crippen molar-refractivity contribution in [3.63, 3.8) is 0 Å². The van der Waals surface area contributed by atoms with Crippen molar-refractivity contribution in [2.75, 3.05) is 6.54 Å². The summed E-state index contributed by atoms with van der Waals surface area (Å²) in [5.41, 5.74) is 0. The largest absolute Gasteiger partial charge is 0.480 e. The van der Waals surface area contributed by atoms with Crippen molar-refractivity contribution in [2.45, 2.75) is 70.0 Å². The molecule has 1 saturated heterocycles. The molecule has 3 unspecified atom stereocenters. The number of rotatable bonds is 7. The zero-order valence-corrected chi connectivity index (χ0v) is 13.5. The van der Waals surface area contributed by atoms with E-state index in [1.54, 1.807) is 0 Å². The number of carbonyl (C=O) groups excluding carboxylic acids is 1. The molecule has 2 fully saturated rings. The van der Waals surface area contributed by atoms with Crippen molar-refractivity contribution in [1.29, 1.82) is 0 Å². The van der Waals surface area contributed by atoms with Crippen LogP contribution in [0.2, 0.25) is 0 Å². The molecule has 0 bridgehead atoms. The van der Waals surface area contributed by atoms with Crippen LogP contribution in [0, 0.1) is 5.92 Å². The molecule has 0 aromatic carbocycles. The first kappa shape index (κ1) is 17.7. The second-order valence-corrected chi connectivity index (χ2v) is 6.59. The number of likely N-dealkylation sites (tertiary alicyclic amines) is 1. The van der Waals surface area contributed by atoms with Crippen molar-refractivity contribution < 1.29 is 24.6 Å². The second-order valence-electron chi connectivity index (χ2n) is 6.59. The maximum Gasteiger partial charge on any atom is 0.323 e. The molecular formula is C16H26N2O5. The lowest BCUT2D eigenvalue weighted by Gasteiger charge is -2.31. The number of nitrogens with zero attached hydrogens (tertiary/aromatic N) is 1. The highest BCUT2D eigenvalue weighted by atomic mass is 16.4. The second kappa shape index (κ2) is 7.77. The van der Waals surface area contributed by atoms with Crippen LogP contribution < -0.4 is 5.32 Å². The van der Waals surface area contributed by atoms with Gasteiger partial charge in [-0.3, -0.25) is 19.7 Å². The molecular weight excluding hydrogens is 300 g/mol. The minimum absolute atomic E-state index is 0.0140. The van der Waals surface area contributed by atoms with Crippen molar-refractivity contribution in [3.8, 4) is 0 Å². The average molecular weight is 326 g/mol. The number of hydrogen-bond acceptors (Lipinski definition) is 4. The van der Waals surface area contributed by atoms with Crippen molar-refractivity contribution in [2.24, 2.45) is 5.92 Å². The first-order valence-corrected chi connectivity index (χ1v) is 8.45. The number of fused-ring (bicyclic) bond motifs is 1. The van der Waals surface area contributed by atoms with Gasteiger partial charge in [0.15, 0.2) is 0 Å². The normalized spacial score (nSPS) is 29.0. The van der Waals surface area contributed by atoms with E-state index in [4.69, 9.17) is 5.11 Å². The van der Waals surface area contributed by atoms with Gasteiger partial charge in [0.25, 0.3) is 0 Å². The molecule has 1 amide bonds. The number of nitrogens with one attached hydrogen (secondary N) is 1. The lowest BCUT2D eigenvalue weighted by molar-refractivity contribution is -0.148. The Balaban J connectivity index is 2.15. The molecule has 1 aliphatic carbocycles. The van der Waals surface area contributed by atoms with Crippen molar-refractivity contribution in [3.05, 3.63) is 0 Å². The van der Waals surface area contributed by atoms with Crippen LogP contribution in [0.25, 0.3) is 0 Å². The van der Waals surface area contributed by atoms with Gasteiger partial charge in [-0.2, -0.15) is 0 Å². The van der Waals surface area contributed by atoms with Crippen LogP contribution >= 0.6 is 0 Å². The van der Waals surface area contributed by atoms with Gasteiger partial charge < -0.3 is 15.1 Å². The number of amides is 1. The molecule has 2 aliphatic rings. The van der Waals surface area contributed by atoms with Gasteiger partial charge in [-0.1, -0.05) is 19.8 Å². The lowest BCUT2D eigenvalue weighted by Crippen LogP contribution is -2.54. The zero-order valence-electron chi connectivity index (χ0n) is 13.5. The Bertz CT molecular complexity index is 467. The monoisotopic (exact) mass is 326 g/mol. The van der Waals surface area contributed by atoms with Crippen LogP contribution in [0.15, 0.2) is 0 Å². The molecule has 1 heterocycles. The highest BCUT2D eigenvalue weighted by Gasteiger charge is 2.42. The molecule has 3 N–H and O–H groups in total. The van der Waals surface area contributed by atoms with Crippen LogP contribution in [0.1, 0.15) is 51.9 Å². The van der Waals surface area contributed by atoms with Crippen LogP contribution in [-0.4, -0.2) is 57.6 Å².